The Balaban J connectivity index is 1.25. The van der Waals surface area contributed by atoms with Crippen molar-refractivity contribution >= 4 is 42.7 Å². The van der Waals surface area contributed by atoms with Gasteiger partial charge in [0, 0.05) is 50.9 Å². The molecule has 2 saturated heterocycles. The number of aryl methyl sites for hydroxylation is 1. The molecule has 41 heavy (non-hydrogen) atoms. The van der Waals surface area contributed by atoms with E-state index in [2.05, 4.69) is 36.5 Å². The number of piperazine rings is 1. The quantitative estimate of drug-likeness (QED) is 0.168. The first kappa shape index (κ1) is 30.1. The standard InChI is InChI=1S/C26H31BN10O2S2/c1-19-16-20(17-28)33-26(32-19)35-12-14-36(15-13-35)40-24(31)7-6-23(30)34-25(38)21-4-2-3-5-22(21)39-41-37-10-8-27(18-29)9-11-37/h2-7,16H,8-15,30-31H2,1H3,(H,34,38)/b23-6+,24-7+. The van der Waals surface area contributed by atoms with Crippen LogP contribution in [0.4, 0.5) is 5.95 Å². The topological polar surface area (TPSA) is 173 Å². The Morgan fingerprint density at radius 1 is 1.07 bits per heavy atom. The van der Waals surface area contributed by atoms with Crippen molar-refractivity contribution in [3.05, 3.63) is 70.3 Å². The van der Waals surface area contributed by atoms with E-state index in [4.69, 9.17) is 20.9 Å². The number of anilines is 1. The molecule has 0 atom stereocenters. The summed E-state index contributed by atoms with van der Waals surface area (Å²) in [6.07, 6.45) is 4.80. The molecule has 2 fully saturated rings. The van der Waals surface area contributed by atoms with Crippen LogP contribution >= 0.6 is 24.2 Å². The lowest BCUT2D eigenvalue weighted by molar-refractivity contribution is 0.0964. The van der Waals surface area contributed by atoms with E-state index in [0.717, 1.165) is 44.5 Å². The predicted octanol–water partition coefficient (Wildman–Crippen LogP) is 2.27. The summed E-state index contributed by atoms with van der Waals surface area (Å²) in [6, 6.07) is 10.7. The number of allylic oxidation sites excluding steroid dienone is 2. The molecule has 3 heterocycles. The van der Waals surface area contributed by atoms with E-state index in [9.17, 15) is 10.1 Å². The summed E-state index contributed by atoms with van der Waals surface area (Å²) in [6.45, 7) is 6.27. The molecule has 0 aliphatic carbocycles. The highest BCUT2D eigenvalue weighted by Crippen LogP contribution is 2.26. The molecular formula is C26H31BN10O2S2. The number of carbonyl (C=O) groups excluding carboxylic acids is 1. The maximum atomic E-state index is 12.9. The van der Waals surface area contributed by atoms with Crippen molar-refractivity contribution in [2.45, 2.75) is 19.6 Å². The molecule has 0 bridgehead atoms. The van der Waals surface area contributed by atoms with E-state index in [-0.39, 0.29) is 12.5 Å². The summed E-state index contributed by atoms with van der Waals surface area (Å²) in [5.74, 6) is 3.05. The summed E-state index contributed by atoms with van der Waals surface area (Å²) < 4.78 is 10.0. The molecule has 0 saturated carbocycles. The van der Waals surface area contributed by atoms with Crippen molar-refractivity contribution in [1.82, 2.24) is 23.9 Å². The van der Waals surface area contributed by atoms with Gasteiger partial charge in [-0.25, -0.2) is 23.8 Å². The molecule has 15 heteroatoms. The highest BCUT2D eigenvalue weighted by molar-refractivity contribution is 8.00. The highest BCUT2D eigenvalue weighted by Gasteiger charge is 2.24. The number of amides is 1. The van der Waals surface area contributed by atoms with Gasteiger partial charge in [0.1, 0.15) is 29.8 Å². The third-order valence-corrected chi connectivity index (χ3v) is 8.20. The van der Waals surface area contributed by atoms with Crippen LogP contribution in [-0.4, -0.2) is 70.5 Å². The Morgan fingerprint density at radius 3 is 2.51 bits per heavy atom. The minimum absolute atomic E-state index is 0.0881. The maximum absolute atomic E-state index is 12.9. The Hall–Kier alpha value is -3.89. The van der Waals surface area contributed by atoms with Crippen LogP contribution < -0.4 is 25.9 Å². The number of benzene rings is 1. The monoisotopic (exact) mass is 590 g/mol. The average molecular weight is 591 g/mol. The highest BCUT2D eigenvalue weighted by atomic mass is 32.2. The number of nitrogens with two attached hydrogens (primary N) is 2. The number of hydrogen-bond donors (Lipinski definition) is 3. The zero-order valence-electron chi connectivity index (χ0n) is 22.7. The molecule has 2 aromatic rings. The number of nitrogens with one attached hydrogen (secondary N) is 1. The van der Waals surface area contributed by atoms with E-state index >= 15 is 0 Å². The van der Waals surface area contributed by atoms with Crippen LogP contribution in [0.2, 0.25) is 12.6 Å². The van der Waals surface area contributed by atoms with Crippen LogP contribution in [0.25, 0.3) is 0 Å². The summed E-state index contributed by atoms with van der Waals surface area (Å²) >= 11 is 2.59. The summed E-state index contributed by atoms with van der Waals surface area (Å²) in [5.41, 5.74) is 13.7. The molecule has 1 amide bonds. The predicted molar refractivity (Wildman–Crippen MR) is 162 cm³/mol. The van der Waals surface area contributed by atoms with Crippen molar-refractivity contribution in [2.24, 2.45) is 11.5 Å². The number of rotatable bonds is 9. The SMILES string of the molecule is Cc1cc(C#N)nc(N2CCN(S/C(N)=C/C=C(\N)NC(=O)c3ccccc3OSN3CCB(C#N)CC3)CC2)n1. The van der Waals surface area contributed by atoms with Gasteiger partial charge < -0.3 is 25.9 Å². The first-order chi connectivity index (χ1) is 19.8. The zero-order chi connectivity index (χ0) is 29.2. The normalized spacial score (nSPS) is 17.0. The van der Waals surface area contributed by atoms with Gasteiger partial charge in [-0.1, -0.05) is 12.1 Å². The van der Waals surface area contributed by atoms with Gasteiger partial charge in [0.15, 0.2) is 5.75 Å². The van der Waals surface area contributed by atoms with E-state index in [1.807, 2.05) is 11.2 Å². The van der Waals surface area contributed by atoms with Crippen molar-refractivity contribution < 1.29 is 8.98 Å². The molecule has 0 radical (unpaired) electrons. The van der Waals surface area contributed by atoms with Crippen LogP contribution in [0.1, 0.15) is 21.7 Å². The number of aromatic nitrogens is 2. The summed E-state index contributed by atoms with van der Waals surface area (Å²) in [7, 11) is 0. The van der Waals surface area contributed by atoms with Crippen LogP contribution in [0.5, 0.6) is 5.75 Å². The number of nitriles is 2. The van der Waals surface area contributed by atoms with Gasteiger partial charge in [-0.3, -0.25) is 4.79 Å². The largest absolute Gasteiger partial charge is 0.409 e. The van der Waals surface area contributed by atoms with Crippen molar-refractivity contribution in [2.75, 3.05) is 44.2 Å². The molecule has 0 unspecified atom stereocenters. The second kappa shape index (κ2) is 14.7. The van der Waals surface area contributed by atoms with Gasteiger partial charge in [-0.2, -0.15) is 5.26 Å². The third-order valence-electron chi connectivity index (χ3n) is 6.40. The molecular weight excluding hydrogens is 559 g/mol. The Kier molecular flexibility index (Phi) is 10.8. The lowest BCUT2D eigenvalue weighted by Crippen LogP contribution is -2.44. The smallest absolute Gasteiger partial charge is 0.270 e. The Morgan fingerprint density at radius 2 is 1.80 bits per heavy atom. The van der Waals surface area contributed by atoms with Gasteiger partial charge in [0.2, 0.25) is 5.95 Å². The van der Waals surface area contributed by atoms with Crippen LogP contribution in [0, 0.1) is 29.5 Å². The van der Waals surface area contributed by atoms with Gasteiger partial charge in [0.25, 0.3) is 12.6 Å². The van der Waals surface area contributed by atoms with Crippen LogP contribution in [-0.2, 0) is 0 Å². The number of hydrogen-bond acceptors (Lipinski definition) is 13. The van der Waals surface area contributed by atoms with E-state index in [1.165, 1.54) is 24.2 Å². The molecule has 2 aliphatic heterocycles. The van der Waals surface area contributed by atoms with Crippen molar-refractivity contribution in [3.63, 3.8) is 0 Å². The van der Waals surface area contributed by atoms with Crippen LogP contribution in [0.3, 0.4) is 0 Å². The Bertz CT molecular complexity index is 1380. The fourth-order valence-electron chi connectivity index (χ4n) is 4.20. The minimum Gasteiger partial charge on any atom is -0.409 e. The molecule has 212 valence electrons. The van der Waals surface area contributed by atoms with Gasteiger partial charge in [0.05, 0.1) is 10.6 Å². The number of para-hydroxylation sites is 1. The average Bonchev–Trinajstić information content (AvgIpc) is 2.99. The maximum Gasteiger partial charge on any atom is 0.270 e. The van der Waals surface area contributed by atoms with Crippen molar-refractivity contribution in [3.8, 4) is 17.8 Å². The molecule has 5 N–H and O–H groups in total. The van der Waals surface area contributed by atoms with Crippen LogP contribution in [0.15, 0.2) is 53.3 Å². The van der Waals surface area contributed by atoms with E-state index in [1.54, 1.807) is 42.5 Å². The second-order valence-corrected chi connectivity index (χ2v) is 11.4. The van der Waals surface area contributed by atoms with Gasteiger partial charge in [-0.05, 0) is 61.9 Å². The zero-order valence-corrected chi connectivity index (χ0v) is 24.3. The van der Waals surface area contributed by atoms with Gasteiger partial charge >= 0.3 is 0 Å². The second-order valence-electron chi connectivity index (χ2n) is 9.45. The van der Waals surface area contributed by atoms with Crippen molar-refractivity contribution in [1.29, 1.82) is 10.5 Å². The first-order valence-corrected chi connectivity index (χ1v) is 14.6. The lowest BCUT2D eigenvalue weighted by atomic mass is 9.45. The molecule has 12 nitrogen and oxygen atoms in total. The fraction of sp³-hybridized carbons (Fsp3) is 0.346. The molecule has 4 rings (SSSR count). The van der Waals surface area contributed by atoms with E-state index in [0.29, 0.717) is 41.1 Å². The minimum atomic E-state index is -0.396. The van der Waals surface area contributed by atoms with E-state index < -0.39 is 5.91 Å². The fourth-order valence-corrected chi connectivity index (χ4v) is 5.67. The third kappa shape index (κ3) is 8.80. The summed E-state index contributed by atoms with van der Waals surface area (Å²) in [5, 5.41) is 21.4. The van der Waals surface area contributed by atoms with Gasteiger partial charge in [-0.15, -0.1) is 0 Å². The molecule has 0 spiro atoms. The molecule has 2 aliphatic rings. The Labute approximate surface area is 248 Å². The molecule has 1 aromatic heterocycles. The first-order valence-electron chi connectivity index (χ1n) is 13.1. The molecule has 1 aromatic carbocycles. The number of nitrogens with zero attached hydrogens (tertiary/aromatic N) is 7. The lowest BCUT2D eigenvalue weighted by Gasteiger charge is -2.33. The number of carbonyl (C=O) groups is 1. The summed E-state index contributed by atoms with van der Waals surface area (Å²) in [4.78, 5) is 23.7.